The summed E-state index contributed by atoms with van der Waals surface area (Å²) >= 11 is 3.35. The topological polar surface area (TPSA) is 69.2 Å². The highest BCUT2D eigenvalue weighted by Gasteiger charge is 2.28. The lowest BCUT2D eigenvalue weighted by Crippen LogP contribution is -2.25. The van der Waals surface area contributed by atoms with E-state index in [1.54, 1.807) is 6.07 Å². The molecule has 1 aliphatic carbocycles. The molecule has 1 aliphatic rings. The highest BCUT2D eigenvalue weighted by Crippen LogP contribution is 2.34. The van der Waals surface area contributed by atoms with Crippen molar-refractivity contribution in [1.82, 2.24) is 0 Å². The number of benzene rings is 1. The molecule has 1 saturated carbocycles. The fourth-order valence-electron chi connectivity index (χ4n) is 1.76. The predicted molar refractivity (Wildman–Crippen MR) is 65.2 cm³/mol. The average molecular weight is 285 g/mol. The van der Waals surface area contributed by atoms with Gasteiger partial charge in [-0.25, -0.2) is 0 Å². The maximum absolute atomic E-state index is 10.6. The van der Waals surface area contributed by atoms with Crippen molar-refractivity contribution in [2.24, 2.45) is 11.7 Å². The van der Waals surface area contributed by atoms with E-state index < -0.39 is 4.92 Å². The molecule has 1 unspecified atom stereocenters. The van der Waals surface area contributed by atoms with Crippen LogP contribution >= 0.6 is 15.9 Å². The summed E-state index contributed by atoms with van der Waals surface area (Å²) in [7, 11) is 0. The quantitative estimate of drug-likeness (QED) is 0.683. The lowest BCUT2D eigenvalue weighted by Gasteiger charge is -2.11. The molecule has 1 fully saturated rings. The predicted octanol–water partition coefficient (Wildman–Crippen LogP) is 2.64. The summed E-state index contributed by atoms with van der Waals surface area (Å²) in [5.74, 6) is 0.641. The van der Waals surface area contributed by atoms with Gasteiger partial charge in [-0.2, -0.15) is 0 Å². The Morgan fingerprint density at radius 2 is 2.25 bits per heavy atom. The number of halogens is 1. The maximum atomic E-state index is 10.6. The summed E-state index contributed by atoms with van der Waals surface area (Å²) in [6, 6.07) is 5.02. The first kappa shape index (κ1) is 11.5. The van der Waals surface area contributed by atoms with Crippen molar-refractivity contribution in [3.63, 3.8) is 0 Å². The zero-order chi connectivity index (χ0) is 11.7. The standard InChI is InChI=1S/C11H13BrN2O2/c12-10-6-9(14(15)16)4-3-8(10)5-11(13)7-1-2-7/h3-4,6-7,11H,1-2,5,13H2. The van der Waals surface area contributed by atoms with Gasteiger partial charge in [0, 0.05) is 22.6 Å². The number of nitrogens with two attached hydrogens (primary N) is 1. The van der Waals surface area contributed by atoms with Crippen molar-refractivity contribution in [3.8, 4) is 0 Å². The van der Waals surface area contributed by atoms with E-state index >= 15 is 0 Å². The van der Waals surface area contributed by atoms with E-state index in [0.29, 0.717) is 5.92 Å². The van der Waals surface area contributed by atoms with Crippen LogP contribution in [-0.4, -0.2) is 11.0 Å². The molecule has 2 N–H and O–H groups in total. The first-order valence-corrected chi connectivity index (χ1v) is 6.05. The van der Waals surface area contributed by atoms with Gasteiger partial charge in [-0.05, 0) is 30.7 Å². The number of rotatable bonds is 4. The third kappa shape index (κ3) is 2.59. The molecule has 0 heterocycles. The van der Waals surface area contributed by atoms with E-state index in [0.717, 1.165) is 16.5 Å². The molecule has 5 heteroatoms. The van der Waals surface area contributed by atoms with Crippen molar-refractivity contribution in [2.45, 2.75) is 25.3 Å². The summed E-state index contributed by atoms with van der Waals surface area (Å²) < 4.78 is 0.776. The SMILES string of the molecule is NC(Cc1ccc([N+](=O)[O-])cc1Br)C1CC1. The molecule has 0 aromatic heterocycles. The molecule has 0 spiro atoms. The molecule has 1 aromatic carbocycles. The van der Waals surface area contributed by atoms with Crippen molar-refractivity contribution in [1.29, 1.82) is 0 Å². The molecule has 0 saturated heterocycles. The smallest absolute Gasteiger partial charge is 0.270 e. The van der Waals surface area contributed by atoms with Gasteiger partial charge < -0.3 is 5.73 Å². The second-order valence-electron chi connectivity index (χ2n) is 4.24. The monoisotopic (exact) mass is 284 g/mol. The molecule has 0 bridgehead atoms. The molecule has 16 heavy (non-hydrogen) atoms. The Morgan fingerprint density at radius 1 is 1.56 bits per heavy atom. The Hall–Kier alpha value is -0.940. The minimum absolute atomic E-state index is 0.107. The third-order valence-electron chi connectivity index (χ3n) is 2.93. The van der Waals surface area contributed by atoms with Gasteiger partial charge in [0.2, 0.25) is 0 Å². The number of hydrogen-bond donors (Lipinski definition) is 1. The second-order valence-corrected chi connectivity index (χ2v) is 5.09. The third-order valence-corrected chi connectivity index (χ3v) is 3.67. The van der Waals surface area contributed by atoms with Crippen LogP contribution in [0.2, 0.25) is 0 Å². The van der Waals surface area contributed by atoms with Gasteiger partial charge in [-0.3, -0.25) is 10.1 Å². The molecule has 4 nitrogen and oxygen atoms in total. The fraction of sp³-hybridized carbons (Fsp3) is 0.455. The Labute approximate surface area is 102 Å². The Morgan fingerprint density at radius 3 is 2.75 bits per heavy atom. The Kier molecular flexibility index (Phi) is 3.25. The van der Waals surface area contributed by atoms with Crippen LogP contribution in [0, 0.1) is 16.0 Å². The summed E-state index contributed by atoms with van der Waals surface area (Å²) in [5, 5.41) is 10.6. The second kappa shape index (κ2) is 4.51. The zero-order valence-electron chi connectivity index (χ0n) is 8.73. The van der Waals surface area contributed by atoms with Crippen molar-refractivity contribution in [3.05, 3.63) is 38.3 Å². The molecule has 1 aromatic rings. The van der Waals surface area contributed by atoms with Crippen LogP contribution in [0.5, 0.6) is 0 Å². The Balaban J connectivity index is 2.12. The number of nitrogens with zero attached hydrogens (tertiary/aromatic N) is 1. The number of non-ortho nitro benzene ring substituents is 1. The largest absolute Gasteiger partial charge is 0.327 e. The van der Waals surface area contributed by atoms with Gasteiger partial charge in [0.1, 0.15) is 0 Å². The molecule has 0 aliphatic heterocycles. The number of hydrogen-bond acceptors (Lipinski definition) is 3. The highest BCUT2D eigenvalue weighted by atomic mass is 79.9. The number of nitro groups is 1. The van der Waals surface area contributed by atoms with E-state index in [9.17, 15) is 10.1 Å². The average Bonchev–Trinajstić information content (AvgIpc) is 3.03. The van der Waals surface area contributed by atoms with Crippen LogP contribution in [0.1, 0.15) is 18.4 Å². The van der Waals surface area contributed by atoms with Gasteiger partial charge in [0.05, 0.1) is 4.92 Å². The minimum Gasteiger partial charge on any atom is -0.327 e. The first-order valence-electron chi connectivity index (χ1n) is 5.26. The first-order chi connectivity index (χ1) is 7.58. The summed E-state index contributed by atoms with van der Waals surface area (Å²) in [6.45, 7) is 0. The number of nitro benzene ring substituents is 1. The molecule has 2 rings (SSSR count). The highest BCUT2D eigenvalue weighted by molar-refractivity contribution is 9.10. The lowest BCUT2D eigenvalue weighted by molar-refractivity contribution is -0.384. The minimum atomic E-state index is -0.393. The van der Waals surface area contributed by atoms with Gasteiger partial charge in [-0.1, -0.05) is 22.0 Å². The Bertz CT molecular complexity index is 418. The van der Waals surface area contributed by atoms with Crippen LogP contribution in [0.25, 0.3) is 0 Å². The molecular formula is C11H13BrN2O2. The van der Waals surface area contributed by atoms with E-state index in [1.807, 2.05) is 0 Å². The van der Waals surface area contributed by atoms with Gasteiger partial charge >= 0.3 is 0 Å². The van der Waals surface area contributed by atoms with Crippen LogP contribution in [0.3, 0.4) is 0 Å². The molecule has 86 valence electrons. The maximum Gasteiger partial charge on any atom is 0.270 e. The fourth-order valence-corrected chi connectivity index (χ4v) is 2.29. The summed E-state index contributed by atoms with van der Waals surface area (Å²) in [5.41, 5.74) is 7.18. The molecule has 0 amide bonds. The van der Waals surface area contributed by atoms with Gasteiger partial charge in [0.15, 0.2) is 0 Å². The van der Waals surface area contributed by atoms with Crippen LogP contribution in [-0.2, 0) is 6.42 Å². The van der Waals surface area contributed by atoms with Crippen molar-refractivity contribution >= 4 is 21.6 Å². The van der Waals surface area contributed by atoms with Crippen molar-refractivity contribution < 1.29 is 4.92 Å². The van der Waals surface area contributed by atoms with Crippen LogP contribution in [0.15, 0.2) is 22.7 Å². The van der Waals surface area contributed by atoms with Gasteiger partial charge in [0.25, 0.3) is 5.69 Å². The van der Waals surface area contributed by atoms with E-state index in [4.69, 9.17) is 5.73 Å². The van der Waals surface area contributed by atoms with Gasteiger partial charge in [-0.15, -0.1) is 0 Å². The van der Waals surface area contributed by atoms with E-state index in [-0.39, 0.29) is 11.7 Å². The van der Waals surface area contributed by atoms with Crippen LogP contribution in [0.4, 0.5) is 5.69 Å². The van der Waals surface area contributed by atoms with Crippen molar-refractivity contribution in [2.75, 3.05) is 0 Å². The lowest BCUT2D eigenvalue weighted by atomic mass is 10.0. The summed E-state index contributed by atoms with van der Waals surface area (Å²) in [6.07, 6.45) is 3.21. The molecular weight excluding hydrogens is 272 g/mol. The van der Waals surface area contributed by atoms with Crippen LogP contribution < -0.4 is 5.73 Å². The van der Waals surface area contributed by atoms with E-state index in [1.165, 1.54) is 25.0 Å². The normalized spacial score (nSPS) is 17.1. The molecule has 0 radical (unpaired) electrons. The molecule has 1 atom stereocenters. The summed E-state index contributed by atoms with van der Waals surface area (Å²) in [4.78, 5) is 10.2. The zero-order valence-corrected chi connectivity index (χ0v) is 10.3. The van der Waals surface area contributed by atoms with E-state index in [2.05, 4.69) is 15.9 Å².